The van der Waals surface area contributed by atoms with E-state index < -0.39 is 0 Å². The summed E-state index contributed by atoms with van der Waals surface area (Å²) in [5, 5.41) is 12.6. The summed E-state index contributed by atoms with van der Waals surface area (Å²) < 4.78 is 15.3. The second kappa shape index (κ2) is 12.1. The lowest BCUT2D eigenvalue weighted by molar-refractivity contribution is 0.0662. The number of aromatic nitrogens is 7. The Morgan fingerprint density at radius 1 is 1.21 bits per heavy atom. The van der Waals surface area contributed by atoms with Crippen LogP contribution in [0.5, 0.6) is 5.88 Å². The molecule has 4 aromatic rings. The van der Waals surface area contributed by atoms with Gasteiger partial charge in [-0.1, -0.05) is 23.4 Å². The maximum atomic E-state index is 6.22. The molecule has 4 aromatic heterocycles. The molecular weight excluding hydrogens is 518 g/mol. The number of nitrogens with one attached hydrogen (secondary N) is 1. The Balaban J connectivity index is 1.21. The maximum Gasteiger partial charge on any atom is 0.223 e. The van der Waals surface area contributed by atoms with Gasteiger partial charge in [0.25, 0.3) is 0 Å². The van der Waals surface area contributed by atoms with Crippen molar-refractivity contribution in [3.05, 3.63) is 59.4 Å². The van der Waals surface area contributed by atoms with Crippen molar-refractivity contribution in [2.24, 2.45) is 7.05 Å². The Morgan fingerprint density at radius 3 is 2.87 bits per heavy atom. The molecule has 0 saturated carbocycles. The predicted molar refractivity (Wildman–Crippen MR) is 148 cm³/mol. The highest BCUT2D eigenvalue weighted by molar-refractivity contribution is 6.29. The molecule has 39 heavy (non-hydrogen) atoms. The number of nitrogens with two attached hydrogens (primary N) is 1. The van der Waals surface area contributed by atoms with Crippen LogP contribution in [0.25, 0.3) is 11.4 Å². The summed E-state index contributed by atoms with van der Waals surface area (Å²) in [7, 11) is 1.81. The Bertz CT molecular complexity index is 1480. The topological polar surface area (TPSA) is 131 Å². The van der Waals surface area contributed by atoms with Crippen molar-refractivity contribution in [3.8, 4) is 29.1 Å². The minimum Gasteiger partial charge on any atom is -0.474 e. The number of nitrogens with zero attached hydrogens (tertiary/aromatic N) is 7. The van der Waals surface area contributed by atoms with Crippen molar-refractivity contribution in [2.45, 2.75) is 38.3 Å². The number of hydrogen-bond donors (Lipinski definition) is 2. The molecule has 0 aliphatic carbocycles. The van der Waals surface area contributed by atoms with Gasteiger partial charge in [0, 0.05) is 51.8 Å². The first kappa shape index (κ1) is 26.5. The van der Waals surface area contributed by atoms with E-state index in [1.807, 2.05) is 24.9 Å². The third-order valence-corrected chi connectivity index (χ3v) is 6.57. The number of hydrogen-bond acceptors (Lipinski definition) is 9. The third kappa shape index (κ3) is 6.66. The standard InChI is InChI=1S/C27H30ClN9O2/c1-18(39-27-22(16-33-36(27)2)26-31-10-6-25(29)35-26)5-9-30-23-13-24(28)32-15-20(23)4-3-19-14-34-37(17-19)21-7-11-38-12-8-21/h6,10,13-18,21H,5,7-9,11-12H2,1-2H3,(H,30,32)(H2,29,31,35)/t18-/m0/s1. The molecule has 11 nitrogen and oxygen atoms in total. The Labute approximate surface area is 231 Å². The molecule has 5 heterocycles. The van der Waals surface area contributed by atoms with E-state index in [4.69, 9.17) is 26.8 Å². The van der Waals surface area contributed by atoms with Gasteiger partial charge in [0.15, 0.2) is 5.82 Å². The molecule has 12 heteroatoms. The molecule has 1 aliphatic rings. The summed E-state index contributed by atoms with van der Waals surface area (Å²) >= 11 is 6.19. The van der Waals surface area contributed by atoms with Crippen molar-refractivity contribution in [2.75, 3.05) is 30.8 Å². The van der Waals surface area contributed by atoms with Crippen LogP contribution in [0.1, 0.15) is 43.4 Å². The van der Waals surface area contributed by atoms with E-state index in [2.05, 4.69) is 42.3 Å². The highest BCUT2D eigenvalue weighted by Crippen LogP contribution is 2.28. The van der Waals surface area contributed by atoms with Crippen LogP contribution < -0.4 is 15.8 Å². The van der Waals surface area contributed by atoms with Crippen molar-refractivity contribution < 1.29 is 9.47 Å². The van der Waals surface area contributed by atoms with Crippen molar-refractivity contribution in [3.63, 3.8) is 0 Å². The van der Waals surface area contributed by atoms with E-state index in [9.17, 15) is 0 Å². The third-order valence-electron chi connectivity index (χ3n) is 6.36. The predicted octanol–water partition coefficient (Wildman–Crippen LogP) is 3.73. The smallest absolute Gasteiger partial charge is 0.223 e. The van der Waals surface area contributed by atoms with E-state index in [-0.39, 0.29) is 6.10 Å². The molecule has 5 rings (SSSR count). The number of rotatable bonds is 8. The number of anilines is 2. The van der Waals surface area contributed by atoms with E-state index in [0.29, 0.717) is 47.2 Å². The Kier molecular flexibility index (Phi) is 8.24. The highest BCUT2D eigenvalue weighted by Gasteiger charge is 2.18. The van der Waals surface area contributed by atoms with Crippen LogP contribution in [0.15, 0.2) is 43.1 Å². The molecule has 0 aromatic carbocycles. The van der Waals surface area contributed by atoms with Gasteiger partial charge >= 0.3 is 0 Å². The highest BCUT2D eigenvalue weighted by atomic mass is 35.5. The molecule has 1 atom stereocenters. The van der Waals surface area contributed by atoms with E-state index in [1.165, 1.54) is 0 Å². The molecule has 1 saturated heterocycles. The number of nitrogen functional groups attached to an aromatic ring is 1. The lowest BCUT2D eigenvalue weighted by Crippen LogP contribution is -2.19. The first-order valence-corrected chi connectivity index (χ1v) is 13.1. The van der Waals surface area contributed by atoms with Crippen LogP contribution in [0, 0.1) is 11.8 Å². The molecule has 0 unspecified atom stereocenters. The quantitative estimate of drug-likeness (QED) is 0.250. The fourth-order valence-electron chi connectivity index (χ4n) is 4.25. The van der Waals surface area contributed by atoms with Gasteiger partial charge in [-0.3, -0.25) is 4.68 Å². The number of aryl methyl sites for hydroxylation is 1. The summed E-state index contributed by atoms with van der Waals surface area (Å²) in [4.78, 5) is 12.8. The first-order chi connectivity index (χ1) is 19.0. The zero-order valence-corrected chi connectivity index (χ0v) is 22.6. The number of ether oxygens (including phenoxy) is 2. The van der Waals surface area contributed by atoms with Gasteiger partial charge < -0.3 is 20.5 Å². The van der Waals surface area contributed by atoms with Crippen LogP contribution in [0.4, 0.5) is 11.5 Å². The largest absolute Gasteiger partial charge is 0.474 e. The SMILES string of the molecule is C[C@@H](CCNc1cc(Cl)ncc1C#Cc1cnn(C2CCOCC2)c1)Oc1c(-c2nccc(N)n2)cnn1C. The van der Waals surface area contributed by atoms with E-state index in [0.717, 1.165) is 42.9 Å². The minimum atomic E-state index is -0.129. The molecule has 0 bridgehead atoms. The molecular formula is C27H30ClN9O2. The lowest BCUT2D eigenvalue weighted by atomic mass is 10.1. The van der Waals surface area contributed by atoms with Gasteiger partial charge in [0.2, 0.25) is 5.88 Å². The van der Waals surface area contributed by atoms with Crippen LogP contribution in [-0.4, -0.2) is 60.4 Å². The molecule has 3 N–H and O–H groups in total. The molecule has 0 radical (unpaired) electrons. The van der Waals surface area contributed by atoms with Gasteiger partial charge in [0.05, 0.1) is 41.4 Å². The summed E-state index contributed by atoms with van der Waals surface area (Å²) in [6, 6.07) is 3.77. The summed E-state index contributed by atoms with van der Waals surface area (Å²) in [6.45, 7) is 4.15. The summed E-state index contributed by atoms with van der Waals surface area (Å²) in [6.07, 6.45) is 11.2. The molecule has 0 amide bonds. The van der Waals surface area contributed by atoms with E-state index >= 15 is 0 Å². The number of pyridine rings is 1. The second-order valence-electron chi connectivity index (χ2n) is 9.29. The van der Waals surface area contributed by atoms with Gasteiger partial charge in [-0.2, -0.15) is 10.2 Å². The maximum absolute atomic E-state index is 6.22. The monoisotopic (exact) mass is 547 g/mol. The zero-order valence-electron chi connectivity index (χ0n) is 21.8. The van der Waals surface area contributed by atoms with E-state index in [1.54, 1.807) is 41.6 Å². The summed E-state index contributed by atoms with van der Waals surface area (Å²) in [5.74, 6) is 7.83. The van der Waals surface area contributed by atoms with Gasteiger partial charge in [-0.05, 0) is 31.9 Å². The molecule has 1 fully saturated rings. The normalized spacial score (nSPS) is 14.4. The van der Waals surface area contributed by atoms with Crippen LogP contribution in [-0.2, 0) is 11.8 Å². The lowest BCUT2D eigenvalue weighted by Gasteiger charge is -2.22. The average Bonchev–Trinajstić information content (AvgIpc) is 3.56. The minimum absolute atomic E-state index is 0.129. The van der Waals surface area contributed by atoms with Gasteiger partial charge in [0.1, 0.15) is 16.5 Å². The van der Waals surface area contributed by atoms with Crippen molar-refractivity contribution in [1.82, 2.24) is 34.5 Å². The van der Waals surface area contributed by atoms with Crippen molar-refractivity contribution >= 4 is 23.1 Å². The fraction of sp³-hybridized carbons (Fsp3) is 0.370. The van der Waals surface area contributed by atoms with Crippen LogP contribution in [0.2, 0.25) is 5.15 Å². The molecule has 0 spiro atoms. The van der Waals surface area contributed by atoms with Gasteiger partial charge in [-0.15, -0.1) is 0 Å². The Morgan fingerprint density at radius 2 is 2.05 bits per heavy atom. The van der Waals surface area contributed by atoms with Crippen molar-refractivity contribution in [1.29, 1.82) is 0 Å². The molecule has 202 valence electrons. The average molecular weight is 548 g/mol. The first-order valence-electron chi connectivity index (χ1n) is 12.8. The van der Waals surface area contributed by atoms with Crippen LogP contribution in [0.3, 0.4) is 0 Å². The zero-order chi connectivity index (χ0) is 27.2. The summed E-state index contributed by atoms with van der Waals surface area (Å²) in [5.41, 5.74) is 8.91. The van der Waals surface area contributed by atoms with Gasteiger partial charge in [-0.25, -0.2) is 19.6 Å². The van der Waals surface area contributed by atoms with Crippen LogP contribution >= 0.6 is 11.6 Å². The fourth-order valence-corrected chi connectivity index (χ4v) is 4.41. The molecule has 1 aliphatic heterocycles. The Hall–Kier alpha value is -4.14. The number of halogens is 1. The second-order valence-corrected chi connectivity index (χ2v) is 9.68.